The molecule has 0 spiro atoms. The second-order valence-electron chi connectivity index (χ2n) is 3.61. The summed E-state index contributed by atoms with van der Waals surface area (Å²) in [6, 6.07) is 2.63. The van der Waals surface area contributed by atoms with E-state index in [0.29, 0.717) is 11.0 Å². The summed E-state index contributed by atoms with van der Waals surface area (Å²) in [4.78, 5) is 17.4. The number of nitrogens with two attached hydrogens (primary N) is 1. The van der Waals surface area contributed by atoms with Gasteiger partial charge in [-0.3, -0.25) is 10.1 Å². The summed E-state index contributed by atoms with van der Waals surface area (Å²) in [6.07, 6.45) is 0. The molecule has 0 aliphatic heterocycles. The second kappa shape index (κ2) is 4.23. The summed E-state index contributed by atoms with van der Waals surface area (Å²) in [6.45, 7) is 1.33. The van der Waals surface area contributed by atoms with Crippen molar-refractivity contribution in [2.24, 2.45) is 5.14 Å². The molecule has 0 saturated carbocycles. The first-order chi connectivity index (χ1) is 8.27. The fraction of sp³-hybridized carbons (Fsp3) is 0.111. The van der Waals surface area contributed by atoms with Crippen LogP contribution < -0.4 is 10.5 Å². The lowest BCUT2D eigenvalue weighted by atomic mass is 10.3. The number of imidazole rings is 1. The van der Waals surface area contributed by atoms with Gasteiger partial charge in [-0.25, -0.2) is 18.5 Å². The van der Waals surface area contributed by atoms with Gasteiger partial charge in [0.2, 0.25) is 21.9 Å². The van der Waals surface area contributed by atoms with Crippen LogP contribution >= 0.6 is 11.6 Å². The van der Waals surface area contributed by atoms with Gasteiger partial charge in [-0.15, -0.1) is 0 Å². The zero-order chi connectivity index (χ0) is 13.5. The van der Waals surface area contributed by atoms with E-state index in [4.69, 9.17) is 16.7 Å². The number of aromatic nitrogens is 2. The highest BCUT2D eigenvalue weighted by molar-refractivity contribution is 7.89. The predicted octanol–water partition coefficient (Wildman–Crippen LogP) is 0.822. The van der Waals surface area contributed by atoms with Crippen molar-refractivity contribution in [3.63, 3.8) is 0 Å². The Morgan fingerprint density at radius 2 is 2.17 bits per heavy atom. The number of aromatic amines is 1. The Labute approximate surface area is 107 Å². The van der Waals surface area contributed by atoms with E-state index < -0.39 is 10.0 Å². The molecule has 0 fully saturated rings. The number of fused-ring (bicyclic) bond motifs is 1. The quantitative estimate of drug-likeness (QED) is 0.758. The van der Waals surface area contributed by atoms with Gasteiger partial charge >= 0.3 is 0 Å². The van der Waals surface area contributed by atoms with E-state index in [1.807, 2.05) is 0 Å². The van der Waals surface area contributed by atoms with E-state index in [9.17, 15) is 13.2 Å². The Kier molecular flexibility index (Phi) is 3.01. The van der Waals surface area contributed by atoms with Gasteiger partial charge in [0.25, 0.3) is 0 Å². The lowest BCUT2D eigenvalue weighted by molar-refractivity contribution is -0.114. The molecule has 1 aromatic heterocycles. The van der Waals surface area contributed by atoms with E-state index >= 15 is 0 Å². The normalized spacial score (nSPS) is 11.7. The maximum Gasteiger partial charge on any atom is 0.239 e. The van der Waals surface area contributed by atoms with Crippen molar-refractivity contribution in [1.82, 2.24) is 9.97 Å². The monoisotopic (exact) mass is 288 g/mol. The molecule has 1 heterocycles. The molecule has 96 valence electrons. The number of hydrogen-bond donors (Lipinski definition) is 3. The molecule has 1 amide bonds. The number of primary sulfonamides is 1. The minimum absolute atomic E-state index is 0.0111. The molecule has 9 heteroatoms. The summed E-state index contributed by atoms with van der Waals surface area (Å²) in [5, 5.41) is 7.45. The number of amides is 1. The second-order valence-corrected chi connectivity index (χ2v) is 5.55. The number of sulfonamides is 1. The van der Waals surface area contributed by atoms with Crippen molar-refractivity contribution in [3.8, 4) is 0 Å². The molecule has 0 unspecified atom stereocenters. The van der Waals surface area contributed by atoms with Crippen LogP contribution in [0.25, 0.3) is 11.0 Å². The van der Waals surface area contributed by atoms with Crippen molar-refractivity contribution in [3.05, 3.63) is 17.2 Å². The minimum Gasteiger partial charge on any atom is -0.324 e. The summed E-state index contributed by atoms with van der Waals surface area (Å²) >= 11 is 5.81. The van der Waals surface area contributed by atoms with Gasteiger partial charge in [0, 0.05) is 6.92 Å². The van der Waals surface area contributed by atoms with Crippen LogP contribution in [0.1, 0.15) is 6.92 Å². The number of H-pyrrole nitrogens is 1. The van der Waals surface area contributed by atoms with Gasteiger partial charge < -0.3 is 4.98 Å². The Hall–Kier alpha value is -1.64. The highest BCUT2D eigenvalue weighted by Crippen LogP contribution is 2.26. The van der Waals surface area contributed by atoms with Crippen LogP contribution in [-0.2, 0) is 14.8 Å². The highest BCUT2D eigenvalue weighted by Gasteiger charge is 2.16. The third kappa shape index (κ3) is 2.45. The number of rotatable bonds is 2. The van der Waals surface area contributed by atoms with Gasteiger partial charge in [-0.05, 0) is 12.1 Å². The van der Waals surface area contributed by atoms with Gasteiger partial charge in [0.05, 0.1) is 16.1 Å². The Morgan fingerprint density at radius 1 is 1.50 bits per heavy atom. The fourth-order valence-electron chi connectivity index (χ4n) is 1.46. The molecule has 0 atom stereocenters. The molecule has 2 rings (SSSR count). The fourth-order valence-corrected chi connectivity index (χ4v) is 2.55. The van der Waals surface area contributed by atoms with Crippen molar-refractivity contribution in [2.45, 2.75) is 11.8 Å². The van der Waals surface area contributed by atoms with Gasteiger partial charge in [-0.1, -0.05) is 11.6 Å². The van der Waals surface area contributed by atoms with E-state index in [-0.39, 0.29) is 21.8 Å². The summed E-state index contributed by atoms with van der Waals surface area (Å²) in [5.41, 5.74) is 0.836. The van der Waals surface area contributed by atoms with E-state index in [0.717, 1.165) is 0 Å². The van der Waals surface area contributed by atoms with Crippen LogP contribution in [0.3, 0.4) is 0 Å². The molecule has 4 N–H and O–H groups in total. The highest BCUT2D eigenvalue weighted by atomic mass is 35.5. The molecule has 0 aliphatic rings. The molecule has 0 radical (unpaired) electrons. The van der Waals surface area contributed by atoms with Crippen molar-refractivity contribution in [1.29, 1.82) is 0 Å². The van der Waals surface area contributed by atoms with Crippen LogP contribution in [0.2, 0.25) is 5.02 Å². The number of anilines is 1. The standard InChI is InChI=1S/C9H9ClN4O3S/c1-4(15)12-9-13-6-2-5(10)8(18(11,16)17)3-7(6)14-9/h2-3H,1H3,(H2,11,16,17)(H2,12,13,14,15). The van der Waals surface area contributed by atoms with Crippen molar-refractivity contribution < 1.29 is 13.2 Å². The molecular formula is C9H9ClN4O3S. The van der Waals surface area contributed by atoms with Crippen molar-refractivity contribution in [2.75, 3.05) is 5.32 Å². The smallest absolute Gasteiger partial charge is 0.239 e. The number of nitrogens with zero attached hydrogens (tertiary/aromatic N) is 1. The predicted molar refractivity (Wildman–Crippen MR) is 66.8 cm³/mol. The largest absolute Gasteiger partial charge is 0.324 e. The maximum atomic E-state index is 11.3. The number of carbonyl (C=O) groups is 1. The Bertz CT molecular complexity index is 738. The number of benzene rings is 1. The maximum absolute atomic E-state index is 11.3. The van der Waals surface area contributed by atoms with Crippen LogP contribution in [0.5, 0.6) is 0 Å². The zero-order valence-electron chi connectivity index (χ0n) is 9.19. The van der Waals surface area contributed by atoms with Crippen LogP contribution in [0.4, 0.5) is 5.95 Å². The van der Waals surface area contributed by atoms with Crippen LogP contribution in [0, 0.1) is 0 Å². The van der Waals surface area contributed by atoms with Crippen LogP contribution in [0.15, 0.2) is 17.0 Å². The molecule has 18 heavy (non-hydrogen) atoms. The number of halogens is 1. The molecule has 1 aromatic carbocycles. The summed E-state index contributed by atoms with van der Waals surface area (Å²) in [7, 11) is -3.91. The lowest BCUT2D eigenvalue weighted by Gasteiger charge is -2.00. The number of nitrogens with one attached hydrogen (secondary N) is 2. The third-order valence-corrected chi connectivity index (χ3v) is 3.51. The van der Waals surface area contributed by atoms with E-state index in [2.05, 4.69) is 15.3 Å². The van der Waals surface area contributed by atoms with Gasteiger partial charge in [0.15, 0.2) is 0 Å². The zero-order valence-corrected chi connectivity index (χ0v) is 10.8. The van der Waals surface area contributed by atoms with Crippen molar-refractivity contribution >= 4 is 44.5 Å². The van der Waals surface area contributed by atoms with E-state index in [1.54, 1.807) is 0 Å². The first kappa shape index (κ1) is 12.8. The minimum atomic E-state index is -3.91. The summed E-state index contributed by atoms with van der Waals surface area (Å²) in [5.74, 6) is -0.0908. The summed E-state index contributed by atoms with van der Waals surface area (Å²) < 4.78 is 22.5. The number of hydrogen-bond acceptors (Lipinski definition) is 4. The Balaban J connectivity index is 2.61. The molecule has 0 aliphatic carbocycles. The molecule has 2 aromatic rings. The SMILES string of the molecule is CC(=O)Nc1nc2cc(S(N)(=O)=O)c(Cl)cc2[nH]1. The Morgan fingerprint density at radius 3 is 2.72 bits per heavy atom. The molecular weight excluding hydrogens is 280 g/mol. The molecule has 7 nitrogen and oxygen atoms in total. The molecule has 0 bridgehead atoms. The number of carbonyl (C=O) groups excluding carboxylic acids is 1. The third-order valence-electron chi connectivity index (χ3n) is 2.14. The van der Waals surface area contributed by atoms with Crippen LogP contribution in [-0.4, -0.2) is 24.3 Å². The first-order valence-corrected chi connectivity index (χ1v) is 6.69. The van der Waals surface area contributed by atoms with E-state index in [1.165, 1.54) is 19.1 Å². The average Bonchev–Trinajstić information content (AvgIpc) is 2.54. The van der Waals surface area contributed by atoms with Gasteiger partial charge in [0.1, 0.15) is 4.90 Å². The van der Waals surface area contributed by atoms with Gasteiger partial charge in [-0.2, -0.15) is 0 Å². The molecule has 0 saturated heterocycles. The topological polar surface area (TPSA) is 118 Å². The first-order valence-electron chi connectivity index (χ1n) is 4.77. The average molecular weight is 289 g/mol. The lowest BCUT2D eigenvalue weighted by Crippen LogP contribution is -2.12.